The predicted molar refractivity (Wildman–Crippen MR) is 47.5 cm³/mol. The first-order chi connectivity index (χ1) is 5.83. The van der Waals surface area contributed by atoms with Crippen LogP contribution in [0.1, 0.15) is 5.56 Å². The van der Waals surface area contributed by atoms with E-state index in [0.29, 0.717) is 11.5 Å². The van der Waals surface area contributed by atoms with Crippen LogP contribution in [0.2, 0.25) is 0 Å². The number of hydrogen-bond donors (Lipinski definition) is 0. The van der Waals surface area contributed by atoms with Crippen LogP contribution in [0.4, 0.5) is 0 Å². The summed E-state index contributed by atoms with van der Waals surface area (Å²) < 4.78 is 10.2. The number of hydrogen-bond acceptors (Lipinski definition) is 2. The van der Waals surface area contributed by atoms with Crippen molar-refractivity contribution in [2.24, 2.45) is 0 Å². The minimum Gasteiger partial charge on any atom is -0.493 e. The second kappa shape index (κ2) is 3.81. The highest BCUT2D eigenvalue weighted by atomic mass is 16.5. The average Bonchev–Trinajstić information content (AvgIpc) is 2.16. The van der Waals surface area contributed by atoms with Crippen LogP contribution >= 0.6 is 0 Å². The van der Waals surface area contributed by atoms with Crippen LogP contribution in [0.15, 0.2) is 24.8 Å². The zero-order valence-corrected chi connectivity index (χ0v) is 7.26. The lowest BCUT2D eigenvalue weighted by Gasteiger charge is -2.08. The molecule has 0 fully saturated rings. The third kappa shape index (κ3) is 1.42. The van der Waals surface area contributed by atoms with Crippen molar-refractivity contribution in [3.63, 3.8) is 0 Å². The summed E-state index contributed by atoms with van der Waals surface area (Å²) in [5.74, 6) is 1.38. The van der Waals surface area contributed by atoms with Gasteiger partial charge >= 0.3 is 0 Å². The van der Waals surface area contributed by atoms with E-state index in [2.05, 4.69) is 12.7 Å². The zero-order chi connectivity index (χ0) is 8.97. The molecule has 0 aromatic heterocycles. The Balaban J connectivity index is 3.21. The average molecular weight is 163 g/mol. The van der Waals surface area contributed by atoms with Crippen molar-refractivity contribution in [2.45, 2.75) is 0 Å². The van der Waals surface area contributed by atoms with Gasteiger partial charge in [-0.2, -0.15) is 0 Å². The van der Waals surface area contributed by atoms with Gasteiger partial charge in [0.05, 0.1) is 14.2 Å². The molecule has 0 heterocycles. The molecule has 0 saturated carbocycles. The smallest absolute Gasteiger partial charge is 0.168 e. The number of para-hydroxylation sites is 1. The van der Waals surface area contributed by atoms with Crippen LogP contribution in [0.3, 0.4) is 0 Å². The minimum absolute atomic E-state index is 0.676. The normalized spacial score (nSPS) is 9.17. The van der Waals surface area contributed by atoms with Crippen molar-refractivity contribution in [1.29, 1.82) is 0 Å². The second-order valence-corrected chi connectivity index (χ2v) is 2.22. The lowest BCUT2D eigenvalue weighted by molar-refractivity contribution is 0.353. The molecule has 12 heavy (non-hydrogen) atoms. The van der Waals surface area contributed by atoms with Gasteiger partial charge in [0, 0.05) is 5.56 Å². The Kier molecular flexibility index (Phi) is 2.75. The van der Waals surface area contributed by atoms with Crippen molar-refractivity contribution in [3.8, 4) is 11.5 Å². The zero-order valence-electron chi connectivity index (χ0n) is 7.26. The first-order valence-corrected chi connectivity index (χ1v) is 3.57. The van der Waals surface area contributed by atoms with Crippen molar-refractivity contribution in [1.82, 2.24) is 0 Å². The first-order valence-electron chi connectivity index (χ1n) is 3.57. The Morgan fingerprint density at radius 3 is 2.50 bits per heavy atom. The minimum atomic E-state index is 0.676. The fourth-order valence-electron chi connectivity index (χ4n) is 1.03. The molecule has 1 aromatic carbocycles. The van der Waals surface area contributed by atoms with Gasteiger partial charge in [-0.05, 0) is 12.1 Å². The Labute approximate surface area is 72.4 Å². The van der Waals surface area contributed by atoms with Gasteiger partial charge in [-0.1, -0.05) is 18.7 Å². The summed E-state index contributed by atoms with van der Waals surface area (Å²) in [6, 6.07) is 5.57. The second-order valence-electron chi connectivity index (χ2n) is 2.22. The van der Waals surface area contributed by atoms with Crippen LogP contribution in [0, 0.1) is 6.08 Å². The summed E-state index contributed by atoms with van der Waals surface area (Å²) in [6.07, 6.45) is 2.77. The molecule has 1 rings (SSSR count). The summed E-state index contributed by atoms with van der Waals surface area (Å²) in [7, 11) is 3.20. The third-order valence-electron chi connectivity index (χ3n) is 1.59. The Bertz CT molecular complexity index is 279. The van der Waals surface area contributed by atoms with Crippen molar-refractivity contribution >= 4 is 0 Å². The highest BCUT2D eigenvalue weighted by molar-refractivity contribution is 5.48. The number of rotatable bonds is 3. The van der Waals surface area contributed by atoms with Crippen molar-refractivity contribution in [2.75, 3.05) is 14.2 Å². The largest absolute Gasteiger partial charge is 0.493 e. The quantitative estimate of drug-likeness (QED) is 0.678. The molecule has 1 aromatic rings. The molecule has 0 N–H and O–H groups in total. The molecule has 0 atom stereocenters. The molecular weight excluding hydrogens is 152 g/mol. The molecule has 0 bridgehead atoms. The Morgan fingerprint density at radius 2 is 2.00 bits per heavy atom. The summed E-state index contributed by atoms with van der Waals surface area (Å²) in [6.45, 7) is 3.55. The molecule has 1 radical (unpaired) electrons. The van der Waals surface area contributed by atoms with Crippen LogP contribution in [0.5, 0.6) is 11.5 Å². The van der Waals surface area contributed by atoms with E-state index in [9.17, 15) is 0 Å². The Hall–Kier alpha value is -1.44. The van der Waals surface area contributed by atoms with E-state index in [-0.39, 0.29) is 0 Å². The highest BCUT2D eigenvalue weighted by Gasteiger charge is 2.05. The summed E-state index contributed by atoms with van der Waals surface area (Å²) in [5, 5.41) is 0. The third-order valence-corrected chi connectivity index (χ3v) is 1.59. The summed E-state index contributed by atoms with van der Waals surface area (Å²) >= 11 is 0. The molecule has 2 heteroatoms. The van der Waals surface area contributed by atoms with Gasteiger partial charge < -0.3 is 9.47 Å². The SMILES string of the molecule is C=[C]c1cccc(OC)c1OC. The van der Waals surface area contributed by atoms with Crippen LogP contribution in [-0.4, -0.2) is 14.2 Å². The standard InChI is InChI=1S/C10H11O2/c1-4-8-6-5-7-9(11-2)10(8)12-3/h5-7H,1H2,2-3H3. The van der Waals surface area contributed by atoms with E-state index in [4.69, 9.17) is 9.47 Å². The van der Waals surface area contributed by atoms with Gasteiger partial charge in [0.2, 0.25) is 0 Å². The molecule has 0 aliphatic rings. The fraction of sp³-hybridized carbons (Fsp3) is 0.200. The number of benzene rings is 1. The lowest BCUT2D eigenvalue weighted by atomic mass is 10.2. The van der Waals surface area contributed by atoms with Crippen molar-refractivity contribution in [3.05, 3.63) is 36.4 Å². The molecule has 2 nitrogen and oxygen atoms in total. The molecule has 0 aliphatic carbocycles. The van der Waals surface area contributed by atoms with Gasteiger partial charge in [0.1, 0.15) is 0 Å². The Morgan fingerprint density at radius 1 is 1.25 bits per heavy atom. The first kappa shape index (κ1) is 8.65. The van der Waals surface area contributed by atoms with Crippen molar-refractivity contribution < 1.29 is 9.47 Å². The van der Waals surface area contributed by atoms with E-state index < -0.39 is 0 Å². The molecule has 63 valence electrons. The van der Waals surface area contributed by atoms with Gasteiger partial charge in [0.15, 0.2) is 11.5 Å². The highest BCUT2D eigenvalue weighted by Crippen LogP contribution is 2.30. The monoisotopic (exact) mass is 163 g/mol. The fourth-order valence-corrected chi connectivity index (χ4v) is 1.03. The maximum atomic E-state index is 5.13. The van der Waals surface area contributed by atoms with E-state index in [1.165, 1.54) is 0 Å². The van der Waals surface area contributed by atoms with E-state index in [1.807, 2.05) is 18.2 Å². The molecule has 0 spiro atoms. The van der Waals surface area contributed by atoms with Crippen LogP contribution in [-0.2, 0) is 0 Å². The van der Waals surface area contributed by atoms with Gasteiger partial charge in [-0.3, -0.25) is 0 Å². The van der Waals surface area contributed by atoms with E-state index in [1.54, 1.807) is 14.2 Å². The number of methoxy groups -OCH3 is 2. The molecule has 0 saturated heterocycles. The van der Waals surface area contributed by atoms with Gasteiger partial charge in [-0.25, -0.2) is 0 Å². The van der Waals surface area contributed by atoms with Gasteiger partial charge in [0.25, 0.3) is 0 Å². The van der Waals surface area contributed by atoms with E-state index >= 15 is 0 Å². The predicted octanol–water partition coefficient (Wildman–Crippen LogP) is 2.04. The van der Waals surface area contributed by atoms with E-state index in [0.717, 1.165) is 5.56 Å². The molecule has 0 unspecified atom stereocenters. The number of ether oxygens (including phenoxy) is 2. The summed E-state index contributed by atoms with van der Waals surface area (Å²) in [4.78, 5) is 0. The maximum absolute atomic E-state index is 5.13. The molecule has 0 amide bonds. The molecular formula is C10H11O2. The molecule has 0 aliphatic heterocycles. The summed E-state index contributed by atoms with van der Waals surface area (Å²) in [5.41, 5.74) is 0.817. The van der Waals surface area contributed by atoms with Gasteiger partial charge in [-0.15, -0.1) is 0 Å². The van der Waals surface area contributed by atoms with Crippen LogP contribution in [0.25, 0.3) is 0 Å². The van der Waals surface area contributed by atoms with Crippen LogP contribution < -0.4 is 9.47 Å². The topological polar surface area (TPSA) is 18.5 Å². The lowest BCUT2D eigenvalue weighted by Crippen LogP contribution is -1.92. The maximum Gasteiger partial charge on any atom is 0.168 e.